The second kappa shape index (κ2) is 5.27. The molecule has 2 rings (SSSR count). The van der Waals surface area contributed by atoms with Crippen molar-refractivity contribution in [2.45, 2.75) is 13.3 Å². The van der Waals surface area contributed by atoms with Crippen molar-refractivity contribution in [3.63, 3.8) is 0 Å². The minimum atomic E-state index is -0.487. The molecule has 1 heterocycles. The first-order valence-electron chi connectivity index (χ1n) is 5.27. The highest BCUT2D eigenvalue weighted by Crippen LogP contribution is 2.24. The van der Waals surface area contributed by atoms with Gasteiger partial charge in [0.25, 0.3) is 5.88 Å². The Labute approximate surface area is 108 Å². The average molecular weight is 296 g/mol. The molecule has 0 aliphatic heterocycles. The van der Waals surface area contributed by atoms with Crippen molar-refractivity contribution in [1.82, 2.24) is 4.98 Å². The Morgan fingerprint density at radius 2 is 2.00 bits per heavy atom. The summed E-state index contributed by atoms with van der Waals surface area (Å²) in [6.45, 7) is 2.08. The third-order valence-electron chi connectivity index (χ3n) is 2.32. The van der Waals surface area contributed by atoms with E-state index in [0.29, 0.717) is 10.2 Å². The SMILES string of the molecule is CCc1ccc(Oc2ncc(Br)cc2F)cc1. The largest absolute Gasteiger partial charge is 0.436 e. The fourth-order valence-electron chi connectivity index (χ4n) is 1.38. The molecule has 0 saturated carbocycles. The molecule has 2 nitrogen and oxygen atoms in total. The summed E-state index contributed by atoms with van der Waals surface area (Å²) < 4.78 is 19.4. The number of nitrogens with zero attached hydrogens (tertiary/aromatic N) is 1. The van der Waals surface area contributed by atoms with Crippen LogP contribution in [0, 0.1) is 5.82 Å². The van der Waals surface area contributed by atoms with Gasteiger partial charge in [0.15, 0.2) is 5.82 Å². The summed E-state index contributed by atoms with van der Waals surface area (Å²) in [6, 6.07) is 8.84. The van der Waals surface area contributed by atoms with Gasteiger partial charge in [0.1, 0.15) is 5.75 Å². The van der Waals surface area contributed by atoms with Gasteiger partial charge in [0, 0.05) is 10.7 Å². The van der Waals surface area contributed by atoms with Crippen LogP contribution in [0.1, 0.15) is 12.5 Å². The lowest BCUT2D eigenvalue weighted by atomic mass is 10.2. The molecule has 0 N–H and O–H groups in total. The first kappa shape index (κ1) is 12.0. The lowest BCUT2D eigenvalue weighted by molar-refractivity contribution is 0.422. The van der Waals surface area contributed by atoms with Crippen molar-refractivity contribution in [3.05, 3.63) is 52.4 Å². The Morgan fingerprint density at radius 1 is 1.29 bits per heavy atom. The Morgan fingerprint density at radius 3 is 2.59 bits per heavy atom. The summed E-state index contributed by atoms with van der Waals surface area (Å²) >= 11 is 3.14. The molecule has 0 spiro atoms. The van der Waals surface area contributed by atoms with E-state index in [0.717, 1.165) is 6.42 Å². The maximum absolute atomic E-state index is 13.5. The average Bonchev–Trinajstić information content (AvgIpc) is 2.34. The van der Waals surface area contributed by atoms with E-state index in [1.807, 2.05) is 24.3 Å². The Hall–Kier alpha value is -1.42. The van der Waals surface area contributed by atoms with Crippen molar-refractivity contribution in [3.8, 4) is 11.6 Å². The number of benzene rings is 1. The third-order valence-corrected chi connectivity index (χ3v) is 2.75. The lowest BCUT2D eigenvalue weighted by Crippen LogP contribution is -1.92. The topological polar surface area (TPSA) is 22.1 Å². The summed E-state index contributed by atoms with van der Waals surface area (Å²) in [4.78, 5) is 3.87. The number of pyridine rings is 1. The van der Waals surface area contributed by atoms with E-state index in [9.17, 15) is 4.39 Å². The molecule has 1 aromatic heterocycles. The second-order valence-corrected chi connectivity index (χ2v) is 4.46. The van der Waals surface area contributed by atoms with E-state index < -0.39 is 5.82 Å². The van der Waals surface area contributed by atoms with Gasteiger partial charge in [-0.25, -0.2) is 9.37 Å². The van der Waals surface area contributed by atoms with Crippen LogP contribution in [-0.4, -0.2) is 4.98 Å². The molecule has 0 unspecified atom stereocenters. The van der Waals surface area contributed by atoms with Gasteiger partial charge in [-0.1, -0.05) is 19.1 Å². The monoisotopic (exact) mass is 295 g/mol. The highest BCUT2D eigenvalue weighted by atomic mass is 79.9. The summed E-state index contributed by atoms with van der Waals surface area (Å²) in [7, 11) is 0. The molecule has 0 atom stereocenters. The highest BCUT2D eigenvalue weighted by Gasteiger charge is 2.06. The fourth-order valence-corrected chi connectivity index (χ4v) is 1.69. The maximum atomic E-state index is 13.5. The van der Waals surface area contributed by atoms with Crippen molar-refractivity contribution >= 4 is 15.9 Å². The van der Waals surface area contributed by atoms with Gasteiger partial charge in [-0.15, -0.1) is 0 Å². The molecule has 88 valence electrons. The van der Waals surface area contributed by atoms with E-state index in [-0.39, 0.29) is 5.88 Å². The van der Waals surface area contributed by atoms with Crippen LogP contribution in [0.4, 0.5) is 4.39 Å². The van der Waals surface area contributed by atoms with Gasteiger partial charge in [-0.05, 0) is 46.1 Å². The standard InChI is InChI=1S/C13H11BrFNO/c1-2-9-3-5-11(6-4-9)17-13-12(15)7-10(14)8-16-13/h3-8H,2H2,1H3. The van der Waals surface area contributed by atoms with Crippen LogP contribution in [0.25, 0.3) is 0 Å². The zero-order valence-electron chi connectivity index (χ0n) is 9.28. The van der Waals surface area contributed by atoms with Crippen LogP contribution in [-0.2, 0) is 6.42 Å². The maximum Gasteiger partial charge on any atom is 0.255 e. The molecule has 17 heavy (non-hydrogen) atoms. The van der Waals surface area contributed by atoms with Crippen LogP contribution >= 0.6 is 15.9 Å². The minimum absolute atomic E-state index is 0.0163. The molecule has 0 aliphatic rings. The summed E-state index contributed by atoms with van der Waals surface area (Å²) in [5, 5.41) is 0. The first-order chi connectivity index (χ1) is 8.19. The molecule has 0 radical (unpaired) electrons. The zero-order chi connectivity index (χ0) is 12.3. The second-order valence-electron chi connectivity index (χ2n) is 3.54. The number of hydrogen-bond donors (Lipinski definition) is 0. The van der Waals surface area contributed by atoms with Gasteiger partial charge in [-0.2, -0.15) is 0 Å². The molecule has 0 saturated heterocycles. The Kier molecular flexibility index (Phi) is 3.74. The van der Waals surface area contributed by atoms with Gasteiger partial charge in [0.2, 0.25) is 0 Å². The number of hydrogen-bond acceptors (Lipinski definition) is 2. The van der Waals surface area contributed by atoms with Crippen LogP contribution in [0.15, 0.2) is 41.0 Å². The Balaban J connectivity index is 2.19. The molecule has 0 bridgehead atoms. The molecule has 0 amide bonds. The first-order valence-corrected chi connectivity index (χ1v) is 6.06. The summed E-state index contributed by atoms with van der Waals surface area (Å²) in [6.07, 6.45) is 2.46. The van der Waals surface area contributed by atoms with Crippen LogP contribution in [0.5, 0.6) is 11.6 Å². The molecule has 1 aromatic carbocycles. The molecule has 2 aromatic rings. The quantitative estimate of drug-likeness (QED) is 0.840. The zero-order valence-corrected chi connectivity index (χ0v) is 10.9. The van der Waals surface area contributed by atoms with E-state index in [4.69, 9.17) is 4.74 Å². The fraction of sp³-hybridized carbons (Fsp3) is 0.154. The normalized spacial score (nSPS) is 10.3. The predicted molar refractivity (Wildman–Crippen MR) is 67.8 cm³/mol. The van der Waals surface area contributed by atoms with Gasteiger partial charge in [0.05, 0.1) is 0 Å². The highest BCUT2D eigenvalue weighted by molar-refractivity contribution is 9.10. The third kappa shape index (κ3) is 3.03. The number of ether oxygens (including phenoxy) is 1. The Bertz CT molecular complexity index is 513. The van der Waals surface area contributed by atoms with Crippen LogP contribution in [0.3, 0.4) is 0 Å². The van der Waals surface area contributed by atoms with E-state index >= 15 is 0 Å². The smallest absolute Gasteiger partial charge is 0.255 e. The van der Waals surface area contributed by atoms with Crippen LogP contribution in [0.2, 0.25) is 0 Å². The molecular formula is C13H11BrFNO. The van der Waals surface area contributed by atoms with Crippen molar-refractivity contribution in [2.75, 3.05) is 0 Å². The predicted octanol–water partition coefficient (Wildman–Crippen LogP) is 4.34. The van der Waals surface area contributed by atoms with Crippen molar-refractivity contribution in [1.29, 1.82) is 0 Å². The molecule has 4 heteroatoms. The summed E-state index contributed by atoms with van der Waals surface area (Å²) in [5.41, 5.74) is 1.21. The number of aromatic nitrogens is 1. The molecule has 0 aliphatic carbocycles. The van der Waals surface area contributed by atoms with Gasteiger partial charge in [-0.3, -0.25) is 0 Å². The van der Waals surface area contributed by atoms with Gasteiger partial charge < -0.3 is 4.74 Å². The molecule has 0 fully saturated rings. The van der Waals surface area contributed by atoms with E-state index in [1.165, 1.54) is 17.8 Å². The summed E-state index contributed by atoms with van der Waals surface area (Å²) in [5.74, 6) is 0.0762. The van der Waals surface area contributed by atoms with Crippen LogP contribution < -0.4 is 4.74 Å². The minimum Gasteiger partial charge on any atom is -0.436 e. The number of rotatable bonds is 3. The van der Waals surface area contributed by atoms with E-state index in [1.54, 1.807) is 0 Å². The lowest BCUT2D eigenvalue weighted by Gasteiger charge is -2.06. The molecular weight excluding hydrogens is 285 g/mol. The number of aryl methyl sites for hydroxylation is 1. The number of halogens is 2. The van der Waals surface area contributed by atoms with Gasteiger partial charge >= 0.3 is 0 Å². The van der Waals surface area contributed by atoms with Crippen molar-refractivity contribution in [2.24, 2.45) is 0 Å². The van der Waals surface area contributed by atoms with E-state index in [2.05, 4.69) is 27.8 Å². The van der Waals surface area contributed by atoms with Crippen molar-refractivity contribution < 1.29 is 9.13 Å².